The van der Waals surface area contributed by atoms with Crippen molar-refractivity contribution in [3.05, 3.63) is 59.7 Å². The van der Waals surface area contributed by atoms with Crippen LogP contribution in [-0.2, 0) is 6.61 Å². The van der Waals surface area contributed by atoms with Crippen molar-refractivity contribution in [1.82, 2.24) is 0 Å². The minimum atomic E-state index is -0.660. The van der Waals surface area contributed by atoms with Gasteiger partial charge in [0.05, 0.1) is 12.1 Å². The van der Waals surface area contributed by atoms with Crippen molar-refractivity contribution in [2.24, 2.45) is 5.73 Å². The number of aliphatic hydroxyl groups excluding tert-OH is 1. The van der Waals surface area contributed by atoms with Crippen molar-refractivity contribution in [1.29, 1.82) is 0 Å². The third-order valence-electron chi connectivity index (χ3n) is 3.61. The SMILES string of the molecule is CCC[C@@H](O)[C@@H](N)c1ccc(OCc2ccccc2)cc1O. The molecular formula is C18H23NO3. The Labute approximate surface area is 131 Å². The molecule has 4 heteroatoms. The minimum absolute atomic E-state index is 0.0493. The molecule has 0 aromatic heterocycles. The average Bonchev–Trinajstić information content (AvgIpc) is 2.53. The summed E-state index contributed by atoms with van der Waals surface area (Å²) >= 11 is 0. The summed E-state index contributed by atoms with van der Waals surface area (Å²) in [4.78, 5) is 0. The molecule has 0 aliphatic heterocycles. The van der Waals surface area contributed by atoms with Gasteiger partial charge in [-0.25, -0.2) is 0 Å². The van der Waals surface area contributed by atoms with E-state index in [1.54, 1.807) is 12.1 Å². The number of hydrogen-bond donors (Lipinski definition) is 3. The lowest BCUT2D eigenvalue weighted by Gasteiger charge is -2.20. The lowest BCUT2D eigenvalue weighted by molar-refractivity contribution is 0.133. The van der Waals surface area contributed by atoms with E-state index < -0.39 is 12.1 Å². The summed E-state index contributed by atoms with van der Waals surface area (Å²) in [6.45, 7) is 2.42. The van der Waals surface area contributed by atoms with E-state index in [0.29, 0.717) is 24.3 Å². The molecule has 0 fully saturated rings. The molecule has 2 rings (SSSR count). The Kier molecular flexibility index (Phi) is 5.81. The van der Waals surface area contributed by atoms with E-state index in [4.69, 9.17) is 10.5 Å². The van der Waals surface area contributed by atoms with Crippen LogP contribution >= 0.6 is 0 Å². The Hall–Kier alpha value is -2.04. The quantitative estimate of drug-likeness (QED) is 0.734. The highest BCUT2D eigenvalue weighted by molar-refractivity contribution is 5.41. The maximum Gasteiger partial charge on any atom is 0.124 e. The summed E-state index contributed by atoms with van der Waals surface area (Å²) in [7, 11) is 0. The molecule has 0 spiro atoms. The molecule has 0 amide bonds. The van der Waals surface area contributed by atoms with Crippen LogP contribution < -0.4 is 10.5 Å². The molecule has 0 unspecified atom stereocenters. The van der Waals surface area contributed by atoms with Gasteiger partial charge in [0, 0.05) is 11.6 Å². The standard InChI is InChI=1S/C18H23NO3/c1-2-6-16(20)18(19)15-10-9-14(11-17(15)21)22-12-13-7-4-3-5-8-13/h3-5,7-11,16,18,20-21H,2,6,12,19H2,1H3/t16-,18+/m1/s1. The number of aromatic hydroxyl groups is 1. The van der Waals surface area contributed by atoms with Gasteiger partial charge in [0.15, 0.2) is 0 Å². The van der Waals surface area contributed by atoms with Gasteiger partial charge in [0.25, 0.3) is 0 Å². The maximum absolute atomic E-state index is 10.1. The van der Waals surface area contributed by atoms with Crippen LogP contribution in [0.15, 0.2) is 48.5 Å². The zero-order valence-corrected chi connectivity index (χ0v) is 12.8. The zero-order valence-electron chi connectivity index (χ0n) is 12.8. The predicted molar refractivity (Wildman–Crippen MR) is 86.7 cm³/mol. The molecular weight excluding hydrogens is 278 g/mol. The monoisotopic (exact) mass is 301 g/mol. The first kappa shape index (κ1) is 16.3. The summed E-state index contributed by atoms with van der Waals surface area (Å²) in [6.07, 6.45) is 0.785. The number of hydrogen-bond acceptors (Lipinski definition) is 4. The first-order valence-corrected chi connectivity index (χ1v) is 7.55. The zero-order chi connectivity index (χ0) is 15.9. The minimum Gasteiger partial charge on any atom is -0.507 e. The maximum atomic E-state index is 10.1. The molecule has 0 saturated carbocycles. The van der Waals surface area contributed by atoms with Crippen molar-refractivity contribution in [3.63, 3.8) is 0 Å². The number of ether oxygens (including phenoxy) is 1. The lowest BCUT2D eigenvalue weighted by Crippen LogP contribution is -2.26. The van der Waals surface area contributed by atoms with Crippen LogP contribution in [0.25, 0.3) is 0 Å². The molecule has 0 bridgehead atoms. The van der Waals surface area contributed by atoms with Crippen LogP contribution in [-0.4, -0.2) is 16.3 Å². The van der Waals surface area contributed by atoms with E-state index in [1.807, 2.05) is 37.3 Å². The van der Waals surface area contributed by atoms with E-state index in [-0.39, 0.29) is 5.75 Å². The van der Waals surface area contributed by atoms with Crippen molar-refractivity contribution in [2.45, 2.75) is 38.5 Å². The highest BCUT2D eigenvalue weighted by Gasteiger charge is 2.19. The molecule has 0 heterocycles. The second-order valence-corrected chi connectivity index (χ2v) is 5.38. The number of rotatable bonds is 7. The fourth-order valence-electron chi connectivity index (χ4n) is 2.32. The molecule has 0 aliphatic carbocycles. The van der Waals surface area contributed by atoms with E-state index in [0.717, 1.165) is 12.0 Å². The number of nitrogens with two attached hydrogens (primary N) is 1. The van der Waals surface area contributed by atoms with Gasteiger partial charge in [-0.2, -0.15) is 0 Å². The molecule has 0 saturated heterocycles. The average molecular weight is 301 g/mol. The summed E-state index contributed by atoms with van der Waals surface area (Å²) in [5, 5.41) is 20.1. The van der Waals surface area contributed by atoms with Crippen LogP contribution in [0.1, 0.15) is 36.9 Å². The highest BCUT2D eigenvalue weighted by Crippen LogP contribution is 2.30. The fourth-order valence-corrected chi connectivity index (χ4v) is 2.32. The molecule has 0 radical (unpaired) electrons. The van der Waals surface area contributed by atoms with Crippen LogP contribution in [0.2, 0.25) is 0 Å². The molecule has 4 N–H and O–H groups in total. The van der Waals surface area contributed by atoms with Crippen LogP contribution in [0.5, 0.6) is 11.5 Å². The first-order valence-electron chi connectivity index (χ1n) is 7.55. The van der Waals surface area contributed by atoms with Gasteiger partial charge in [-0.15, -0.1) is 0 Å². The summed E-state index contributed by atoms with van der Waals surface area (Å²) < 4.78 is 5.65. The number of aliphatic hydroxyl groups is 1. The van der Waals surface area contributed by atoms with Crippen molar-refractivity contribution >= 4 is 0 Å². The summed E-state index contributed by atoms with van der Waals surface area (Å²) in [5.74, 6) is 0.621. The number of phenolic OH excluding ortho intramolecular Hbond substituents is 1. The lowest BCUT2D eigenvalue weighted by atomic mass is 9.98. The van der Waals surface area contributed by atoms with Crippen LogP contribution in [0.4, 0.5) is 0 Å². The second kappa shape index (κ2) is 7.82. The highest BCUT2D eigenvalue weighted by atomic mass is 16.5. The molecule has 2 atom stereocenters. The molecule has 4 nitrogen and oxygen atoms in total. The van der Waals surface area contributed by atoms with Crippen molar-refractivity contribution in [2.75, 3.05) is 0 Å². The van der Waals surface area contributed by atoms with Gasteiger partial charge in [-0.05, 0) is 24.1 Å². The smallest absolute Gasteiger partial charge is 0.124 e. The van der Waals surface area contributed by atoms with Gasteiger partial charge in [-0.1, -0.05) is 43.7 Å². The van der Waals surface area contributed by atoms with Gasteiger partial charge in [0.1, 0.15) is 18.1 Å². The first-order chi connectivity index (χ1) is 10.6. The molecule has 118 valence electrons. The van der Waals surface area contributed by atoms with E-state index in [9.17, 15) is 10.2 Å². The summed E-state index contributed by atoms with van der Waals surface area (Å²) in [6, 6.07) is 14.2. The Morgan fingerprint density at radius 2 is 1.86 bits per heavy atom. The third-order valence-corrected chi connectivity index (χ3v) is 3.61. The Balaban J connectivity index is 2.03. The van der Waals surface area contributed by atoms with Gasteiger partial charge in [0.2, 0.25) is 0 Å². The number of phenols is 1. The van der Waals surface area contributed by atoms with E-state index in [2.05, 4.69) is 0 Å². The fraction of sp³-hybridized carbons (Fsp3) is 0.333. The largest absolute Gasteiger partial charge is 0.507 e. The van der Waals surface area contributed by atoms with Crippen molar-refractivity contribution < 1.29 is 14.9 Å². The Bertz CT molecular complexity index is 586. The summed E-state index contributed by atoms with van der Waals surface area (Å²) in [5.41, 5.74) is 7.58. The van der Waals surface area contributed by atoms with Gasteiger partial charge >= 0.3 is 0 Å². The van der Waals surface area contributed by atoms with E-state index in [1.165, 1.54) is 6.07 Å². The van der Waals surface area contributed by atoms with Crippen molar-refractivity contribution in [3.8, 4) is 11.5 Å². The third kappa shape index (κ3) is 4.23. The van der Waals surface area contributed by atoms with Crippen LogP contribution in [0.3, 0.4) is 0 Å². The Morgan fingerprint density at radius 3 is 2.50 bits per heavy atom. The molecule has 0 aliphatic rings. The molecule has 2 aromatic rings. The van der Waals surface area contributed by atoms with Crippen LogP contribution in [0, 0.1) is 0 Å². The molecule has 22 heavy (non-hydrogen) atoms. The number of benzene rings is 2. The van der Waals surface area contributed by atoms with Gasteiger partial charge in [-0.3, -0.25) is 0 Å². The normalized spacial score (nSPS) is 13.6. The second-order valence-electron chi connectivity index (χ2n) is 5.38. The van der Waals surface area contributed by atoms with E-state index >= 15 is 0 Å². The molecule has 2 aromatic carbocycles. The predicted octanol–water partition coefficient (Wildman–Crippen LogP) is 3.13. The Morgan fingerprint density at radius 1 is 1.14 bits per heavy atom. The topological polar surface area (TPSA) is 75.7 Å². The van der Waals surface area contributed by atoms with Gasteiger partial charge < -0.3 is 20.7 Å².